The highest BCUT2D eigenvalue weighted by Gasteiger charge is 2.27. The molecule has 1 amide bonds. The first kappa shape index (κ1) is 23.4. The Morgan fingerprint density at radius 3 is 2.65 bits per heavy atom. The highest BCUT2D eigenvalue weighted by Crippen LogP contribution is 2.29. The molecule has 7 heteroatoms. The van der Waals surface area contributed by atoms with E-state index in [-0.39, 0.29) is 11.9 Å². The lowest BCUT2D eigenvalue weighted by Gasteiger charge is -2.38. The van der Waals surface area contributed by atoms with Crippen LogP contribution in [0.25, 0.3) is 11.3 Å². The van der Waals surface area contributed by atoms with Crippen LogP contribution < -0.4 is 15.4 Å². The molecule has 1 saturated heterocycles. The van der Waals surface area contributed by atoms with E-state index in [4.69, 9.17) is 10.1 Å². The molecule has 0 saturated carbocycles. The number of carbonyl (C=O) groups excluding carboxylic acids is 1. The SMILES string of the molecule is CCc1cc(-c2cc(Oc3ccc(C=N)c(NC)c3)ccn2)ccc1C(=O)NC1CN(CC)C1. The minimum absolute atomic E-state index is 0.0112. The number of likely N-dealkylation sites (N-methyl/N-ethyl adjacent to an activating group) is 1. The molecule has 0 aliphatic carbocycles. The van der Waals surface area contributed by atoms with Crippen molar-refractivity contribution in [1.29, 1.82) is 5.41 Å². The fourth-order valence-corrected chi connectivity index (χ4v) is 4.16. The van der Waals surface area contributed by atoms with Crippen molar-refractivity contribution in [3.8, 4) is 22.8 Å². The first-order chi connectivity index (χ1) is 16.5. The number of amides is 1. The van der Waals surface area contributed by atoms with Crippen LogP contribution in [-0.4, -0.2) is 54.7 Å². The molecule has 1 aromatic heterocycles. The normalized spacial score (nSPS) is 13.7. The molecule has 0 bridgehead atoms. The van der Waals surface area contributed by atoms with E-state index in [2.05, 4.69) is 34.4 Å². The van der Waals surface area contributed by atoms with Crippen LogP contribution in [0.3, 0.4) is 0 Å². The number of likely N-dealkylation sites (tertiary alicyclic amines) is 1. The number of benzene rings is 2. The molecule has 34 heavy (non-hydrogen) atoms. The third kappa shape index (κ3) is 5.10. The van der Waals surface area contributed by atoms with Crippen molar-refractivity contribution in [1.82, 2.24) is 15.2 Å². The molecule has 0 atom stereocenters. The zero-order valence-corrected chi connectivity index (χ0v) is 19.9. The number of hydrogen-bond acceptors (Lipinski definition) is 6. The zero-order valence-electron chi connectivity index (χ0n) is 19.9. The number of hydrogen-bond donors (Lipinski definition) is 3. The average Bonchev–Trinajstić information content (AvgIpc) is 2.85. The molecule has 0 radical (unpaired) electrons. The van der Waals surface area contributed by atoms with Gasteiger partial charge in [0.25, 0.3) is 5.91 Å². The predicted octanol–water partition coefficient (Wildman–Crippen LogP) is 4.58. The van der Waals surface area contributed by atoms with Gasteiger partial charge in [0, 0.05) is 67.1 Å². The first-order valence-corrected chi connectivity index (χ1v) is 11.7. The van der Waals surface area contributed by atoms with Crippen LogP contribution in [0.4, 0.5) is 5.69 Å². The minimum Gasteiger partial charge on any atom is -0.457 e. The summed E-state index contributed by atoms with van der Waals surface area (Å²) in [7, 11) is 1.82. The summed E-state index contributed by atoms with van der Waals surface area (Å²) in [5, 5.41) is 13.7. The first-order valence-electron chi connectivity index (χ1n) is 11.7. The number of pyridine rings is 1. The monoisotopic (exact) mass is 457 g/mol. The Morgan fingerprint density at radius 2 is 1.94 bits per heavy atom. The molecule has 3 aromatic rings. The van der Waals surface area contributed by atoms with Crippen LogP contribution in [0, 0.1) is 5.41 Å². The molecule has 7 nitrogen and oxygen atoms in total. The fraction of sp³-hybridized carbons (Fsp3) is 0.296. The van der Waals surface area contributed by atoms with Gasteiger partial charge < -0.3 is 20.8 Å². The smallest absolute Gasteiger partial charge is 0.251 e. The molecule has 176 valence electrons. The van der Waals surface area contributed by atoms with Crippen LogP contribution >= 0.6 is 0 Å². The van der Waals surface area contributed by atoms with Crippen LogP contribution in [0.5, 0.6) is 11.5 Å². The van der Waals surface area contributed by atoms with E-state index >= 15 is 0 Å². The number of carbonyl (C=O) groups is 1. The number of nitrogens with zero attached hydrogens (tertiary/aromatic N) is 2. The average molecular weight is 458 g/mol. The molecular weight excluding hydrogens is 426 g/mol. The summed E-state index contributed by atoms with van der Waals surface area (Å²) in [6.07, 6.45) is 3.78. The van der Waals surface area contributed by atoms with E-state index in [9.17, 15) is 4.79 Å². The van der Waals surface area contributed by atoms with Crippen molar-refractivity contribution in [3.63, 3.8) is 0 Å². The summed E-state index contributed by atoms with van der Waals surface area (Å²) in [6, 6.07) is 15.4. The van der Waals surface area contributed by atoms with Crippen molar-refractivity contribution in [2.45, 2.75) is 26.3 Å². The van der Waals surface area contributed by atoms with Crippen LogP contribution in [0.2, 0.25) is 0 Å². The number of rotatable bonds is 9. The molecule has 3 N–H and O–H groups in total. The van der Waals surface area contributed by atoms with E-state index in [0.717, 1.165) is 59.7 Å². The highest BCUT2D eigenvalue weighted by atomic mass is 16.5. The molecule has 2 aromatic carbocycles. The topological polar surface area (TPSA) is 90.3 Å². The summed E-state index contributed by atoms with van der Waals surface area (Å²) < 4.78 is 6.06. The van der Waals surface area contributed by atoms with Gasteiger partial charge in [-0.2, -0.15) is 0 Å². The largest absolute Gasteiger partial charge is 0.457 e. The van der Waals surface area contributed by atoms with E-state index in [0.29, 0.717) is 11.5 Å². The summed E-state index contributed by atoms with van der Waals surface area (Å²) in [4.78, 5) is 19.7. The summed E-state index contributed by atoms with van der Waals surface area (Å²) in [5.74, 6) is 1.33. The molecule has 1 aliphatic heterocycles. The second-order valence-corrected chi connectivity index (χ2v) is 8.37. The summed E-state index contributed by atoms with van der Waals surface area (Å²) in [5.41, 5.74) is 5.06. The molecule has 0 spiro atoms. The standard InChI is InChI=1S/C27H31N5O2/c1-4-18-12-19(7-9-24(18)27(33)31-21-16-32(5-2)17-21)26-14-23(10-11-30-26)34-22-8-6-20(15-28)25(13-22)29-3/h6-15,21,28-29H,4-5,16-17H2,1-3H3,(H,31,33). The number of anilines is 1. The van der Waals surface area contributed by atoms with Gasteiger partial charge in [-0.3, -0.25) is 14.7 Å². The summed E-state index contributed by atoms with van der Waals surface area (Å²) >= 11 is 0. The third-order valence-electron chi connectivity index (χ3n) is 6.18. The van der Waals surface area contributed by atoms with Gasteiger partial charge in [0.1, 0.15) is 11.5 Å². The maximum atomic E-state index is 12.8. The quantitative estimate of drug-likeness (QED) is 0.409. The van der Waals surface area contributed by atoms with E-state index < -0.39 is 0 Å². The van der Waals surface area contributed by atoms with Crippen LogP contribution in [0.1, 0.15) is 35.3 Å². The van der Waals surface area contributed by atoms with Crippen LogP contribution in [0.15, 0.2) is 54.7 Å². The van der Waals surface area contributed by atoms with E-state index in [1.807, 2.05) is 55.6 Å². The van der Waals surface area contributed by atoms with Crippen molar-refractivity contribution < 1.29 is 9.53 Å². The van der Waals surface area contributed by atoms with Gasteiger partial charge in [-0.15, -0.1) is 0 Å². The Morgan fingerprint density at radius 1 is 1.15 bits per heavy atom. The number of nitrogens with one attached hydrogen (secondary N) is 3. The lowest BCUT2D eigenvalue weighted by Crippen LogP contribution is -2.59. The fourth-order valence-electron chi connectivity index (χ4n) is 4.16. The minimum atomic E-state index is -0.0112. The maximum absolute atomic E-state index is 12.8. The Hall–Kier alpha value is -3.71. The molecule has 2 heterocycles. The van der Waals surface area contributed by atoms with Crippen molar-refractivity contribution in [2.75, 3.05) is 32.0 Å². The van der Waals surface area contributed by atoms with E-state index in [1.165, 1.54) is 6.21 Å². The van der Waals surface area contributed by atoms with Gasteiger partial charge in [0.2, 0.25) is 0 Å². The Kier molecular flexibility index (Phi) is 7.23. The van der Waals surface area contributed by atoms with Gasteiger partial charge in [-0.1, -0.05) is 19.9 Å². The maximum Gasteiger partial charge on any atom is 0.251 e. The summed E-state index contributed by atoms with van der Waals surface area (Å²) in [6.45, 7) is 7.04. The Balaban J connectivity index is 1.51. The number of aromatic nitrogens is 1. The van der Waals surface area contributed by atoms with Gasteiger partial charge in [-0.05, 0) is 48.9 Å². The van der Waals surface area contributed by atoms with E-state index in [1.54, 1.807) is 6.20 Å². The Labute approximate surface area is 200 Å². The van der Waals surface area contributed by atoms with Crippen molar-refractivity contribution in [3.05, 3.63) is 71.4 Å². The number of ether oxygens (including phenoxy) is 1. The van der Waals surface area contributed by atoms with Gasteiger partial charge in [-0.25, -0.2) is 0 Å². The Bertz CT molecular complexity index is 1190. The second-order valence-electron chi connectivity index (χ2n) is 8.37. The number of aryl methyl sites for hydroxylation is 1. The lowest BCUT2D eigenvalue weighted by atomic mass is 9.98. The highest BCUT2D eigenvalue weighted by molar-refractivity contribution is 5.96. The van der Waals surface area contributed by atoms with Gasteiger partial charge in [0.15, 0.2) is 0 Å². The van der Waals surface area contributed by atoms with Gasteiger partial charge in [0.05, 0.1) is 11.7 Å². The van der Waals surface area contributed by atoms with Gasteiger partial charge >= 0.3 is 0 Å². The molecular formula is C27H31N5O2. The third-order valence-corrected chi connectivity index (χ3v) is 6.18. The van der Waals surface area contributed by atoms with Crippen molar-refractivity contribution in [2.24, 2.45) is 0 Å². The molecule has 0 unspecified atom stereocenters. The molecule has 4 rings (SSSR count). The molecule has 1 fully saturated rings. The zero-order chi connectivity index (χ0) is 24.1. The second kappa shape index (κ2) is 10.5. The molecule has 1 aliphatic rings. The van der Waals surface area contributed by atoms with Crippen molar-refractivity contribution >= 4 is 17.8 Å². The lowest BCUT2D eigenvalue weighted by molar-refractivity contribution is 0.0824. The van der Waals surface area contributed by atoms with Crippen LogP contribution in [-0.2, 0) is 6.42 Å². The predicted molar refractivity (Wildman–Crippen MR) is 136 cm³/mol.